The van der Waals surface area contributed by atoms with Crippen LogP contribution < -0.4 is 0 Å². The summed E-state index contributed by atoms with van der Waals surface area (Å²) >= 11 is 0. The SMILES string of the molecule is Cc1nccn1CCC(=O)N(C)CC1(c2ccccc2)CC1(C)C. The molecule has 1 atom stereocenters. The Bertz CT molecular complexity index is 719. The van der Waals surface area contributed by atoms with Gasteiger partial charge in [-0.2, -0.15) is 0 Å². The van der Waals surface area contributed by atoms with E-state index in [9.17, 15) is 4.79 Å². The number of benzene rings is 1. The summed E-state index contributed by atoms with van der Waals surface area (Å²) in [5, 5.41) is 0. The van der Waals surface area contributed by atoms with Crippen LogP contribution in [0.3, 0.4) is 0 Å². The van der Waals surface area contributed by atoms with Gasteiger partial charge in [-0.1, -0.05) is 44.2 Å². The lowest BCUT2D eigenvalue weighted by Crippen LogP contribution is -2.37. The van der Waals surface area contributed by atoms with Gasteiger partial charge in [0.15, 0.2) is 0 Å². The highest BCUT2D eigenvalue weighted by molar-refractivity contribution is 5.76. The van der Waals surface area contributed by atoms with Crippen molar-refractivity contribution in [3.05, 3.63) is 54.1 Å². The van der Waals surface area contributed by atoms with Crippen LogP contribution in [0.25, 0.3) is 0 Å². The molecule has 4 nitrogen and oxygen atoms in total. The number of hydrogen-bond donors (Lipinski definition) is 0. The first-order valence-corrected chi connectivity index (χ1v) is 8.63. The fourth-order valence-electron chi connectivity index (χ4n) is 3.86. The average Bonchev–Trinajstić information content (AvgIpc) is 2.89. The lowest BCUT2D eigenvalue weighted by molar-refractivity contribution is -0.130. The number of carbonyl (C=O) groups is 1. The van der Waals surface area contributed by atoms with Gasteiger partial charge >= 0.3 is 0 Å². The third-order valence-corrected chi connectivity index (χ3v) is 5.66. The molecule has 0 saturated heterocycles. The molecule has 1 unspecified atom stereocenters. The second-order valence-electron chi connectivity index (χ2n) is 7.68. The fraction of sp³-hybridized carbons (Fsp3) is 0.500. The van der Waals surface area contributed by atoms with Gasteiger partial charge in [-0.25, -0.2) is 4.98 Å². The molecule has 24 heavy (non-hydrogen) atoms. The van der Waals surface area contributed by atoms with E-state index in [2.05, 4.69) is 49.2 Å². The Balaban J connectivity index is 1.66. The molecule has 1 aromatic carbocycles. The van der Waals surface area contributed by atoms with Gasteiger partial charge < -0.3 is 9.47 Å². The maximum Gasteiger partial charge on any atom is 0.224 e. The normalized spacial score (nSPS) is 21.5. The number of amides is 1. The smallest absolute Gasteiger partial charge is 0.224 e. The van der Waals surface area contributed by atoms with E-state index in [4.69, 9.17) is 0 Å². The van der Waals surface area contributed by atoms with E-state index in [1.54, 1.807) is 6.20 Å². The van der Waals surface area contributed by atoms with Crippen molar-refractivity contribution in [2.75, 3.05) is 13.6 Å². The van der Waals surface area contributed by atoms with Gasteiger partial charge in [0.2, 0.25) is 5.91 Å². The maximum atomic E-state index is 12.6. The van der Waals surface area contributed by atoms with Gasteiger partial charge in [0.05, 0.1) is 0 Å². The monoisotopic (exact) mass is 325 g/mol. The number of rotatable bonds is 6. The Labute approximate surface area is 144 Å². The average molecular weight is 325 g/mol. The molecule has 0 spiro atoms. The van der Waals surface area contributed by atoms with Gasteiger partial charge in [-0.15, -0.1) is 0 Å². The van der Waals surface area contributed by atoms with Crippen LogP contribution in [-0.2, 0) is 16.8 Å². The molecule has 1 aliphatic carbocycles. The Morgan fingerprint density at radius 1 is 1.29 bits per heavy atom. The zero-order valence-corrected chi connectivity index (χ0v) is 15.1. The minimum absolute atomic E-state index is 0.0869. The molecule has 1 amide bonds. The fourth-order valence-corrected chi connectivity index (χ4v) is 3.86. The molecule has 0 N–H and O–H groups in total. The number of aryl methyl sites for hydroxylation is 2. The summed E-state index contributed by atoms with van der Waals surface area (Å²) < 4.78 is 2.03. The van der Waals surface area contributed by atoms with Gasteiger partial charge in [0.25, 0.3) is 0 Å². The molecule has 1 aromatic heterocycles. The van der Waals surface area contributed by atoms with E-state index in [0.29, 0.717) is 13.0 Å². The van der Waals surface area contributed by atoms with Crippen molar-refractivity contribution in [1.29, 1.82) is 0 Å². The number of aromatic nitrogens is 2. The number of hydrogen-bond acceptors (Lipinski definition) is 2. The lowest BCUT2D eigenvalue weighted by atomic mass is 9.87. The zero-order valence-electron chi connectivity index (χ0n) is 15.1. The molecule has 3 rings (SSSR count). The van der Waals surface area contributed by atoms with Crippen molar-refractivity contribution in [2.24, 2.45) is 5.41 Å². The number of nitrogens with zero attached hydrogens (tertiary/aromatic N) is 3. The molecular formula is C20H27N3O. The molecule has 0 aliphatic heterocycles. The molecule has 1 saturated carbocycles. The quantitative estimate of drug-likeness (QED) is 0.816. The Kier molecular flexibility index (Phi) is 4.24. The molecular weight excluding hydrogens is 298 g/mol. The van der Waals surface area contributed by atoms with Crippen LogP contribution in [0.15, 0.2) is 42.7 Å². The summed E-state index contributed by atoms with van der Waals surface area (Å²) in [6, 6.07) is 10.6. The summed E-state index contributed by atoms with van der Waals surface area (Å²) in [6.07, 6.45) is 5.35. The van der Waals surface area contributed by atoms with Crippen LogP contribution in [0.5, 0.6) is 0 Å². The third-order valence-electron chi connectivity index (χ3n) is 5.66. The van der Waals surface area contributed by atoms with E-state index in [1.165, 1.54) is 5.56 Å². The highest BCUT2D eigenvalue weighted by Crippen LogP contribution is 2.64. The van der Waals surface area contributed by atoms with Crippen molar-refractivity contribution < 1.29 is 4.79 Å². The standard InChI is InChI=1S/C20H27N3O/c1-16-21-11-13-23(16)12-10-18(24)22(4)15-20(14-19(20,2)3)17-8-6-5-7-9-17/h5-9,11,13H,10,12,14-15H2,1-4H3. The Morgan fingerprint density at radius 3 is 2.50 bits per heavy atom. The summed E-state index contributed by atoms with van der Waals surface area (Å²) in [7, 11) is 1.93. The van der Waals surface area contributed by atoms with Crippen LogP contribution in [0.4, 0.5) is 0 Å². The van der Waals surface area contributed by atoms with E-state index >= 15 is 0 Å². The highest BCUT2D eigenvalue weighted by atomic mass is 16.2. The van der Waals surface area contributed by atoms with Crippen molar-refractivity contribution in [3.8, 4) is 0 Å². The predicted octanol–water partition coefficient (Wildman–Crippen LogP) is 3.41. The van der Waals surface area contributed by atoms with E-state index in [1.807, 2.05) is 29.6 Å². The summed E-state index contributed by atoms with van der Waals surface area (Å²) in [5.74, 6) is 1.15. The van der Waals surface area contributed by atoms with Crippen LogP contribution in [0, 0.1) is 12.3 Å². The first kappa shape index (κ1) is 16.7. The molecule has 1 heterocycles. The molecule has 1 fully saturated rings. The van der Waals surface area contributed by atoms with Crippen LogP contribution in [0.2, 0.25) is 0 Å². The second kappa shape index (κ2) is 6.08. The molecule has 4 heteroatoms. The van der Waals surface area contributed by atoms with Crippen LogP contribution >= 0.6 is 0 Å². The van der Waals surface area contributed by atoms with Gasteiger partial charge in [0.1, 0.15) is 5.82 Å². The third kappa shape index (κ3) is 2.97. The van der Waals surface area contributed by atoms with Crippen molar-refractivity contribution in [3.63, 3.8) is 0 Å². The minimum atomic E-state index is 0.0869. The largest absolute Gasteiger partial charge is 0.345 e. The van der Waals surface area contributed by atoms with Gasteiger partial charge in [-0.3, -0.25) is 4.79 Å². The Hall–Kier alpha value is -2.10. The molecule has 0 radical (unpaired) electrons. The summed E-state index contributed by atoms with van der Waals surface area (Å²) in [6.45, 7) is 8.04. The molecule has 2 aromatic rings. The minimum Gasteiger partial charge on any atom is -0.345 e. The van der Waals surface area contributed by atoms with Gasteiger partial charge in [0, 0.05) is 44.4 Å². The first-order valence-electron chi connectivity index (χ1n) is 8.63. The summed E-state index contributed by atoms with van der Waals surface area (Å²) in [5.41, 5.74) is 1.67. The summed E-state index contributed by atoms with van der Waals surface area (Å²) in [4.78, 5) is 18.7. The lowest BCUT2D eigenvalue weighted by Gasteiger charge is -2.28. The van der Waals surface area contributed by atoms with Crippen molar-refractivity contribution >= 4 is 5.91 Å². The van der Waals surface area contributed by atoms with E-state index in [-0.39, 0.29) is 16.7 Å². The molecule has 1 aliphatic rings. The second-order valence-corrected chi connectivity index (χ2v) is 7.68. The zero-order chi connectivity index (χ0) is 17.4. The van der Waals surface area contributed by atoms with Crippen LogP contribution in [-0.4, -0.2) is 34.0 Å². The Morgan fingerprint density at radius 2 is 1.96 bits per heavy atom. The van der Waals surface area contributed by atoms with Gasteiger partial charge in [-0.05, 0) is 24.3 Å². The number of carbonyl (C=O) groups excluding carboxylic acids is 1. The van der Waals surface area contributed by atoms with Crippen LogP contribution in [0.1, 0.15) is 38.1 Å². The van der Waals surface area contributed by atoms with E-state index < -0.39 is 0 Å². The molecule has 0 bridgehead atoms. The molecule has 128 valence electrons. The highest BCUT2D eigenvalue weighted by Gasteiger charge is 2.62. The number of imidazole rings is 1. The van der Waals surface area contributed by atoms with Crippen molar-refractivity contribution in [2.45, 2.75) is 45.6 Å². The first-order chi connectivity index (χ1) is 11.4. The van der Waals surface area contributed by atoms with E-state index in [0.717, 1.165) is 18.8 Å². The topological polar surface area (TPSA) is 38.1 Å². The van der Waals surface area contributed by atoms with Crippen molar-refractivity contribution in [1.82, 2.24) is 14.5 Å². The maximum absolute atomic E-state index is 12.6. The number of likely N-dealkylation sites (N-methyl/N-ethyl adjacent to an activating group) is 1. The predicted molar refractivity (Wildman–Crippen MR) is 95.7 cm³/mol.